The van der Waals surface area contributed by atoms with Gasteiger partial charge < -0.3 is 18.0 Å². The molecular weight excluding hydrogens is 225 g/mol. The van der Waals surface area contributed by atoms with E-state index in [9.17, 15) is 0 Å². The molecule has 0 fully saturated rings. The lowest BCUT2D eigenvalue weighted by atomic mass is 13.9. The summed E-state index contributed by atoms with van der Waals surface area (Å²) in [5.74, 6) is 0. The van der Waals surface area contributed by atoms with Crippen LogP contribution in [0, 0.1) is 0 Å². The Morgan fingerprint density at radius 2 is 1.80 bits per heavy atom. The van der Waals surface area contributed by atoms with Gasteiger partial charge >= 0.3 is 0 Å². The van der Waals surface area contributed by atoms with Gasteiger partial charge in [0.1, 0.15) is 8.51 Å². The molecule has 58 valence electrons. The van der Waals surface area contributed by atoms with Crippen LogP contribution in [-0.2, 0) is 0 Å². The predicted octanol–water partition coefficient (Wildman–Crippen LogP) is 2.47. The molecule has 0 spiro atoms. The number of hydrogen-bond donors (Lipinski definition) is 4. The van der Waals surface area contributed by atoms with E-state index in [1.165, 1.54) is 0 Å². The van der Waals surface area contributed by atoms with Crippen molar-refractivity contribution >= 4 is 42.5 Å². The summed E-state index contributed by atoms with van der Waals surface area (Å²) < 4.78 is 16.8. The predicted molar refractivity (Wildman–Crippen MR) is 55.0 cm³/mol. The lowest BCUT2D eigenvalue weighted by Gasteiger charge is -1.77. The van der Waals surface area contributed by atoms with E-state index in [0.717, 1.165) is 8.51 Å². The Hall–Kier alpha value is 0.500. The van der Waals surface area contributed by atoms with Crippen molar-refractivity contribution in [3.63, 3.8) is 0 Å². The van der Waals surface area contributed by atoms with E-state index < -0.39 is 0 Å². The van der Waals surface area contributed by atoms with Crippen molar-refractivity contribution in [3.8, 4) is 0 Å². The Labute approximate surface area is 65.6 Å². The van der Waals surface area contributed by atoms with Crippen LogP contribution < -0.4 is 0 Å². The molecule has 1 rings (SSSR count). The summed E-state index contributed by atoms with van der Waals surface area (Å²) in [6.07, 6.45) is 0. The fraction of sp³-hybridized carbons (Fsp3) is 0. The lowest BCUT2D eigenvalue weighted by Crippen LogP contribution is -1.47. The van der Waals surface area contributed by atoms with Crippen molar-refractivity contribution in [2.45, 2.75) is 0 Å². The third-order valence-corrected chi connectivity index (χ3v) is 5.17. The van der Waals surface area contributed by atoms with Crippen LogP contribution in [-0.4, -0.2) is 22.5 Å². The topological polar surface area (TPSA) is 76.0 Å². The van der Waals surface area contributed by atoms with E-state index in [2.05, 4.69) is 22.5 Å². The van der Waals surface area contributed by atoms with Gasteiger partial charge in [-0.25, -0.2) is 0 Å². The van der Waals surface area contributed by atoms with Crippen LogP contribution in [0.25, 0.3) is 0 Å². The number of nitrogens with zero attached hydrogens (tertiary/aromatic N) is 1. The molecule has 10 heteroatoms. The Morgan fingerprint density at radius 1 is 1.00 bits per heavy atom. The van der Waals surface area contributed by atoms with Crippen LogP contribution in [0.5, 0.6) is 0 Å². The number of hydrogen-bond acceptors (Lipinski definition) is 1. The number of aromatic amines is 4. The van der Waals surface area contributed by atoms with Gasteiger partial charge in [0.2, 0.25) is 0 Å². The molecule has 10 heavy (non-hydrogen) atoms. The van der Waals surface area contributed by atoms with E-state index >= 15 is 0 Å². The highest BCUT2D eigenvalue weighted by atomic mass is 31.1. The first-order valence-electron chi connectivity index (χ1n) is 2.40. The van der Waals surface area contributed by atoms with E-state index in [-0.39, 0.29) is 0 Å². The maximum atomic E-state index is 4.15. The molecule has 1 heterocycles. The molecule has 4 N–H and O–H groups in total. The Balaban J connectivity index is 3.00. The molecule has 0 aliphatic rings. The maximum Gasteiger partial charge on any atom is 0.138 e. The Bertz CT molecular complexity index is 149. The highest BCUT2D eigenvalue weighted by Gasteiger charge is 1.53. The van der Waals surface area contributed by atoms with Crippen LogP contribution in [0.1, 0.15) is 0 Å². The lowest BCUT2D eigenvalue weighted by molar-refractivity contribution is 1.69. The molecule has 0 bridgehead atoms. The molecule has 0 radical (unpaired) electrons. The van der Waals surface area contributed by atoms with Crippen LogP contribution in [0.15, 0.2) is 0 Å². The third-order valence-electron chi connectivity index (χ3n) is 0.574. The van der Waals surface area contributed by atoms with E-state index in [1.54, 1.807) is 0 Å². The molecule has 0 aromatic carbocycles. The minimum absolute atomic E-state index is 0.514. The van der Waals surface area contributed by atoms with Gasteiger partial charge in [0.25, 0.3) is 0 Å². The number of rotatable bonds is 0. The van der Waals surface area contributed by atoms with Crippen LogP contribution in [0.4, 0.5) is 0 Å². The first-order valence-corrected chi connectivity index (χ1v) is 7.19. The average Bonchev–Trinajstić information content (AvgIpc) is 2.01. The fourth-order valence-corrected chi connectivity index (χ4v) is 5.06. The normalized spacial score (nSPS) is 12.0. The van der Waals surface area contributed by atoms with Crippen molar-refractivity contribution < 1.29 is 0 Å². The van der Waals surface area contributed by atoms with Gasteiger partial charge in [0.05, 0.1) is 0 Å². The Morgan fingerprint density at radius 3 is 2.80 bits per heavy atom. The highest BCUT2D eigenvalue weighted by molar-refractivity contribution is 7.44. The zero-order valence-corrected chi connectivity index (χ0v) is 9.79. The third kappa shape index (κ3) is 4.34. The van der Waals surface area contributed by atoms with Gasteiger partial charge in [-0.05, 0) is 0 Å². The molecule has 0 aliphatic heterocycles. The summed E-state index contributed by atoms with van der Waals surface area (Å²) >= 11 is 0. The molecule has 0 aliphatic carbocycles. The summed E-state index contributed by atoms with van der Waals surface area (Å²) in [7, 11) is 3.36. The van der Waals surface area contributed by atoms with Crippen molar-refractivity contribution in [1.82, 2.24) is 22.5 Å². The SMILES string of the molecule is n1p[nH][pH][nH][pH][nH][pH][nH][pH]1. The highest BCUT2D eigenvalue weighted by Crippen LogP contribution is 2.01. The zero-order chi connectivity index (χ0) is 7.07. The van der Waals surface area contributed by atoms with Crippen molar-refractivity contribution in [3.05, 3.63) is 0 Å². The molecule has 0 saturated heterocycles. The number of nitrogens with one attached hydrogen (secondary N) is 4. The smallest absolute Gasteiger partial charge is 0.138 e. The minimum atomic E-state index is 0.514. The summed E-state index contributed by atoms with van der Waals surface area (Å²) in [5, 5.41) is 0. The molecule has 0 amide bonds. The van der Waals surface area contributed by atoms with Gasteiger partial charge in [-0.15, -0.1) is 0 Å². The van der Waals surface area contributed by atoms with Gasteiger partial charge in [-0.3, -0.25) is 0 Å². The van der Waals surface area contributed by atoms with E-state index in [0.29, 0.717) is 34.0 Å². The second-order valence-corrected chi connectivity index (χ2v) is 7.04. The standard InChI is InChI=1S/H8N5P5/c1-6-2-8-4-10-5-9-3-7-1/h1-3,6-9H,(H,4,5). The largest absolute Gasteiger partial charge is 0.314 e. The van der Waals surface area contributed by atoms with Gasteiger partial charge in [0.15, 0.2) is 0 Å². The van der Waals surface area contributed by atoms with Gasteiger partial charge in [0, 0.05) is 34.0 Å². The van der Waals surface area contributed by atoms with Gasteiger partial charge in [-0.1, -0.05) is 0 Å². The molecule has 1 aromatic heterocycles. The fourth-order valence-electron chi connectivity index (χ4n) is 0.281. The summed E-state index contributed by atoms with van der Waals surface area (Å²) in [5.41, 5.74) is 0. The van der Waals surface area contributed by atoms with Crippen molar-refractivity contribution in [2.24, 2.45) is 0 Å². The number of H-pyrrole nitrogens is 4. The monoisotopic (exact) mass is 233 g/mol. The molecule has 4 unspecified atom stereocenters. The summed E-state index contributed by atoms with van der Waals surface area (Å²) in [4.78, 5) is 0. The van der Waals surface area contributed by atoms with E-state index in [1.807, 2.05) is 0 Å². The first-order chi connectivity index (χ1) is 5.00. The summed E-state index contributed by atoms with van der Waals surface area (Å²) in [6, 6.07) is 0. The van der Waals surface area contributed by atoms with Crippen molar-refractivity contribution in [1.29, 1.82) is 0 Å². The van der Waals surface area contributed by atoms with E-state index in [4.69, 9.17) is 0 Å². The zero-order valence-electron chi connectivity index (χ0n) is 4.89. The quantitative estimate of drug-likeness (QED) is 0.545. The second kappa shape index (κ2) is 6.23. The number of aromatic nitrogens is 5. The van der Waals surface area contributed by atoms with Gasteiger partial charge in [-0.2, -0.15) is 4.51 Å². The first kappa shape index (κ1) is 8.60. The summed E-state index contributed by atoms with van der Waals surface area (Å²) in [6.45, 7) is 0. The molecule has 1 aromatic rings. The molecule has 0 saturated carbocycles. The molecular formula is H8N5P5. The molecule has 4 atom stereocenters. The Kier molecular flexibility index (Phi) is 5.35. The van der Waals surface area contributed by atoms with Crippen LogP contribution >= 0.6 is 42.5 Å². The van der Waals surface area contributed by atoms with Crippen LogP contribution in [0.2, 0.25) is 0 Å². The van der Waals surface area contributed by atoms with Crippen molar-refractivity contribution in [2.75, 3.05) is 0 Å². The second-order valence-electron chi connectivity index (χ2n) is 1.17. The average molecular weight is 233 g/mol. The minimum Gasteiger partial charge on any atom is -0.314 e. The molecule has 5 nitrogen and oxygen atoms in total. The maximum absolute atomic E-state index is 4.15. The van der Waals surface area contributed by atoms with Crippen LogP contribution in [0.3, 0.4) is 0 Å².